The number of hydrogen-bond donors (Lipinski definition) is 1. The summed E-state index contributed by atoms with van der Waals surface area (Å²) in [5.41, 5.74) is 2.89. The van der Waals surface area contributed by atoms with Crippen molar-refractivity contribution in [1.29, 1.82) is 0 Å². The quantitative estimate of drug-likeness (QED) is 0.803. The topological polar surface area (TPSA) is 60.1 Å². The minimum atomic E-state index is -0.181. The summed E-state index contributed by atoms with van der Waals surface area (Å²) < 4.78 is 6.84. The zero-order valence-corrected chi connectivity index (χ0v) is 12.5. The molecule has 0 aliphatic carbocycles. The molecule has 5 heteroatoms. The molecule has 1 N–H and O–H groups in total. The first-order valence-electron chi connectivity index (χ1n) is 7.06. The molecule has 0 aliphatic rings. The molecule has 0 amide bonds. The van der Waals surface area contributed by atoms with Gasteiger partial charge in [0.05, 0.1) is 12.8 Å². The van der Waals surface area contributed by atoms with Crippen LogP contribution in [0.15, 0.2) is 58.2 Å². The summed E-state index contributed by atoms with van der Waals surface area (Å²) >= 11 is 0. The van der Waals surface area contributed by atoms with E-state index in [9.17, 15) is 4.79 Å². The number of rotatable bonds is 4. The normalized spacial score (nSPS) is 10.6. The molecule has 0 spiro atoms. The fourth-order valence-corrected chi connectivity index (χ4v) is 2.41. The summed E-state index contributed by atoms with van der Waals surface area (Å²) in [5.74, 6) is 1.06. The van der Waals surface area contributed by atoms with E-state index in [1.165, 1.54) is 0 Å². The molecule has 3 aromatic rings. The predicted molar refractivity (Wildman–Crippen MR) is 85.3 cm³/mol. The molecule has 0 bridgehead atoms. The Kier molecular flexibility index (Phi) is 3.78. The van der Waals surface area contributed by atoms with Crippen LogP contribution in [0.25, 0.3) is 5.69 Å². The summed E-state index contributed by atoms with van der Waals surface area (Å²) in [6.07, 6.45) is 4.89. The number of hydrogen-bond acceptors (Lipinski definition) is 4. The van der Waals surface area contributed by atoms with E-state index in [1.54, 1.807) is 23.2 Å². The molecule has 0 saturated heterocycles. The van der Waals surface area contributed by atoms with Crippen molar-refractivity contribution in [3.05, 3.63) is 76.2 Å². The Morgan fingerprint density at radius 2 is 2.00 bits per heavy atom. The minimum absolute atomic E-state index is 0.181. The van der Waals surface area contributed by atoms with Crippen LogP contribution in [0.3, 0.4) is 0 Å². The number of nitrogens with one attached hydrogen (secondary N) is 1. The van der Waals surface area contributed by atoms with Crippen LogP contribution in [-0.4, -0.2) is 9.55 Å². The second kappa shape index (κ2) is 5.89. The third kappa shape index (κ3) is 2.93. The smallest absolute Gasteiger partial charge is 0.297 e. The number of benzene rings is 1. The average molecular weight is 295 g/mol. The lowest BCUT2D eigenvalue weighted by atomic mass is 10.1. The zero-order valence-electron chi connectivity index (χ0n) is 12.5. The third-order valence-electron chi connectivity index (χ3n) is 3.34. The van der Waals surface area contributed by atoms with Gasteiger partial charge in [0.1, 0.15) is 5.76 Å². The molecule has 5 nitrogen and oxygen atoms in total. The minimum Gasteiger partial charge on any atom is -0.467 e. The monoisotopic (exact) mass is 295 g/mol. The van der Waals surface area contributed by atoms with E-state index < -0.39 is 0 Å². The SMILES string of the molecule is Cc1cc(C)cc(-n2ccnc(NCc3ccco3)c2=O)c1. The number of nitrogens with zero attached hydrogens (tertiary/aromatic N) is 2. The van der Waals surface area contributed by atoms with Crippen LogP contribution in [0.2, 0.25) is 0 Å². The first-order chi connectivity index (χ1) is 10.6. The Labute approximate surface area is 128 Å². The summed E-state index contributed by atoms with van der Waals surface area (Å²) in [6, 6.07) is 9.68. The molecule has 1 aromatic carbocycles. The van der Waals surface area contributed by atoms with E-state index in [4.69, 9.17) is 4.42 Å². The molecule has 2 heterocycles. The van der Waals surface area contributed by atoms with Gasteiger partial charge in [-0.1, -0.05) is 6.07 Å². The third-order valence-corrected chi connectivity index (χ3v) is 3.34. The highest BCUT2D eigenvalue weighted by Crippen LogP contribution is 2.12. The predicted octanol–water partition coefficient (Wildman–Crippen LogP) is 3.05. The van der Waals surface area contributed by atoms with Crippen LogP contribution in [0.1, 0.15) is 16.9 Å². The van der Waals surface area contributed by atoms with Crippen LogP contribution in [0.5, 0.6) is 0 Å². The van der Waals surface area contributed by atoms with E-state index >= 15 is 0 Å². The van der Waals surface area contributed by atoms with E-state index in [0.717, 1.165) is 22.6 Å². The highest BCUT2D eigenvalue weighted by molar-refractivity contribution is 5.42. The van der Waals surface area contributed by atoms with Gasteiger partial charge in [-0.25, -0.2) is 4.98 Å². The van der Waals surface area contributed by atoms with Crippen molar-refractivity contribution in [2.24, 2.45) is 0 Å². The van der Waals surface area contributed by atoms with Gasteiger partial charge in [0.2, 0.25) is 0 Å². The van der Waals surface area contributed by atoms with E-state index in [2.05, 4.69) is 16.4 Å². The maximum atomic E-state index is 12.6. The fourth-order valence-electron chi connectivity index (χ4n) is 2.41. The number of anilines is 1. The molecule has 112 valence electrons. The highest BCUT2D eigenvalue weighted by atomic mass is 16.3. The lowest BCUT2D eigenvalue weighted by molar-refractivity contribution is 0.517. The first-order valence-corrected chi connectivity index (χ1v) is 7.06. The van der Waals surface area contributed by atoms with Crippen LogP contribution in [0.4, 0.5) is 5.82 Å². The van der Waals surface area contributed by atoms with Gasteiger partial charge in [-0.15, -0.1) is 0 Å². The number of furan rings is 1. The molecule has 0 atom stereocenters. The Morgan fingerprint density at radius 3 is 2.68 bits per heavy atom. The lowest BCUT2D eigenvalue weighted by Gasteiger charge is -2.10. The van der Waals surface area contributed by atoms with Crippen molar-refractivity contribution in [3.63, 3.8) is 0 Å². The molecule has 0 saturated carbocycles. The van der Waals surface area contributed by atoms with Crippen molar-refractivity contribution in [2.75, 3.05) is 5.32 Å². The van der Waals surface area contributed by atoms with Gasteiger partial charge in [-0.05, 0) is 49.2 Å². The van der Waals surface area contributed by atoms with Gasteiger partial charge in [-0.2, -0.15) is 0 Å². The molecular formula is C17H17N3O2. The molecule has 0 unspecified atom stereocenters. The average Bonchev–Trinajstić information content (AvgIpc) is 2.98. The Hall–Kier alpha value is -2.82. The van der Waals surface area contributed by atoms with Crippen molar-refractivity contribution >= 4 is 5.82 Å². The Balaban J connectivity index is 1.93. The maximum absolute atomic E-state index is 12.6. The second-order valence-corrected chi connectivity index (χ2v) is 5.23. The Morgan fingerprint density at radius 1 is 1.23 bits per heavy atom. The Bertz CT molecular complexity index is 815. The maximum Gasteiger partial charge on any atom is 0.297 e. The summed E-state index contributed by atoms with van der Waals surface area (Å²) in [4.78, 5) is 16.7. The molecule has 22 heavy (non-hydrogen) atoms. The van der Waals surface area contributed by atoms with Crippen LogP contribution < -0.4 is 10.9 Å². The van der Waals surface area contributed by atoms with Gasteiger partial charge in [-0.3, -0.25) is 9.36 Å². The molecule has 2 aromatic heterocycles. The van der Waals surface area contributed by atoms with Gasteiger partial charge in [0, 0.05) is 18.1 Å². The van der Waals surface area contributed by atoms with Crippen molar-refractivity contribution < 1.29 is 4.42 Å². The molecule has 3 rings (SSSR count). The number of aryl methyl sites for hydroxylation is 2. The largest absolute Gasteiger partial charge is 0.467 e. The summed E-state index contributed by atoms with van der Waals surface area (Å²) in [6.45, 7) is 4.45. The van der Waals surface area contributed by atoms with Gasteiger partial charge in [0.15, 0.2) is 5.82 Å². The van der Waals surface area contributed by atoms with E-state index in [-0.39, 0.29) is 5.56 Å². The molecule has 0 aliphatic heterocycles. The molecule has 0 fully saturated rings. The highest BCUT2D eigenvalue weighted by Gasteiger charge is 2.07. The number of aromatic nitrogens is 2. The lowest BCUT2D eigenvalue weighted by Crippen LogP contribution is -2.23. The fraction of sp³-hybridized carbons (Fsp3) is 0.176. The standard InChI is InChI=1S/C17H17N3O2/c1-12-8-13(2)10-14(9-12)20-6-5-18-16(17(20)21)19-11-15-4-3-7-22-15/h3-10H,11H2,1-2H3,(H,18,19). The summed E-state index contributed by atoms with van der Waals surface area (Å²) in [5, 5.41) is 3.02. The zero-order chi connectivity index (χ0) is 15.5. The van der Waals surface area contributed by atoms with Gasteiger partial charge >= 0.3 is 0 Å². The van der Waals surface area contributed by atoms with Crippen molar-refractivity contribution in [1.82, 2.24) is 9.55 Å². The molecular weight excluding hydrogens is 278 g/mol. The van der Waals surface area contributed by atoms with Crippen LogP contribution >= 0.6 is 0 Å². The van der Waals surface area contributed by atoms with Gasteiger partial charge in [0.25, 0.3) is 5.56 Å². The van der Waals surface area contributed by atoms with Gasteiger partial charge < -0.3 is 9.73 Å². The second-order valence-electron chi connectivity index (χ2n) is 5.23. The molecule has 0 radical (unpaired) electrons. The van der Waals surface area contributed by atoms with E-state index in [1.807, 2.05) is 38.1 Å². The first kappa shape index (κ1) is 14.1. The summed E-state index contributed by atoms with van der Waals surface area (Å²) in [7, 11) is 0. The van der Waals surface area contributed by atoms with Crippen molar-refractivity contribution in [3.8, 4) is 5.69 Å². The van der Waals surface area contributed by atoms with Crippen molar-refractivity contribution in [2.45, 2.75) is 20.4 Å². The van der Waals surface area contributed by atoms with Crippen LogP contribution in [-0.2, 0) is 6.54 Å². The van der Waals surface area contributed by atoms with E-state index in [0.29, 0.717) is 12.4 Å². The van der Waals surface area contributed by atoms with Crippen LogP contribution in [0, 0.1) is 13.8 Å².